The zero-order chi connectivity index (χ0) is 16.5. The van der Waals surface area contributed by atoms with Gasteiger partial charge in [-0.25, -0.2) is 18.9 Å². The van der Waals surface area contributed by atoms with Crippen LogP contribution in [0.25, 0.3) is 5.82 Å². The molecule has 0 aliphatic rings. The minimum Gasteiger partial charge on any atom is -0.462 e. The first-order valence-electron chi connectivity index (χ1n) is 6.00. The van der Waals surface area contributed by atoms with Crippen LogP contribution >= 0.6 is 0 Å². The number of aromatic nitrogens is 3. The second-order valence-corrected chi connectivity index (χ2v) is 4.08. The van der Waals surface area contributed by atoms with Crippen LogP contribution in [0.4, 0.5) is 23.4 Å². The maximum absolute atomic E-state index is 13.7. The molecule has 0 bridgehead atoms. The Bertz CT molecular complexity index is 712. The third-order valence-electron chi connectivity index (χ3n) is 2.58. The maximum atomic E-state index is 13.7. The van der Waals surface area contributed by atoms with E-state index in [-0.39, 0.29) is 17.1 Å². The molecule has 0 unspecified atom stereocenters. The Morgan fingerprint density at radius 3 is 2.68 bits per heavy atom. The molecule has 0 radical (unpaired) electrons. The molecule has 2 aromatic heterocycles. The molecule has 0 spiro atoms. The zero-order valence-corrected chi connectivity index (χ0v) is 11.2. The van der Waals surface area contributed by atoms with Gasteiger partial charge >= 0.3 is 12.1 Å². The Balaban J connectivity index is 2.67. The van der Waals surface area contributed by atoms with Gasteiger partial charge in [-0.1, -0.05) is 0 Å². The molecular weight excluding hydrogens is 308 g/mol. The monoisotopic (exact) mass is 318 g/mol. The van der Waals surface area contributed by atoms with E-state index >= 15 is 0 Å². The average Bonchev–Trinajstić information content (AvgIpc) is 2.86. The molecule has 0 saturated heterocycles. The predicted molar refractivity (Wildman–Crippen MR) is 66.7 cm³/mol. The summed E-state index contributed by atoms with van der Waals surface area (Å²) in [7, 11) is 0. The molecule has 2 aromatic rings. The molecule has 22 heavy (non-hydrogen) atoms. The number of esters is 1. The van der Waals surface area contributed by atoms with Crippen molar-refractivity contribution in [3.05, 3.63) is 35.4 Å². The first-order valence-corrected chi connectivity index (χ1v) is 6.00. The number of carbonyl (C=O) groups is 1. The molecule has 10 heteroatoms. The average molecular weight is 318 g/mol. The van der Waals surface area contributed by atoms with Gasteiger partial charge in [0.15, 0.2) is 17.3 Å². The van der Waals surface area contributed by atoms with E-state index < -0.39 is 35.0 Å². The van der Waals surface area contributed by atoms with Gasteiger partial charge in [0.2, 0.25) is 0 Å². The third-order valence-corrected chi connectivity index (χ3v) is 2.58. The van der Waals surface area contributed by atoms with Crippen LogP contribution in [0.5, 0.6) is 0 Å². The number of nitrogens with two attached hydrogens (primary N) is 1. The van der Waals surface area contributed by atoms with Gasteiger partial charge in [0.1, 0.15) is 11.4 Å². The van der Waals surface area contributed by atoms with E-state index in [0.29, 0.717) is 6.20 Å². The number of anilines is 1. The van der Waals surface area contributed by atoms with E-state index in [1.54, 1.807) is 0 Å². The topological polar surface area (TPSA) is 83.0 Å². The van der Waals surface area contributed by atoms with Crippen molar-refractivity contribution in [1.29, 1.82) is 0 Å². The summed E-state index contributed by atoms with van der Waals surface area (Å²) in [5.74, 6) is -3.25. The fourth-order valence-corrected chi connectivity index (χ4v) is 1.73. The lowest BCUT2D eigenvalue weighted by molar-refractivity contribution is -0.143. The van der Waals surface area contributed by atoms with Gasteiger partial charge in [0.05, 0.1) is 12.8 Å². The fraction of sp³-hybridized carbons (Fsp3) is 0.250. The van der Waals surface area contributed by atoms with Crippen molar-refractivity contribution in [3.63, 3.8) is 0 Å². The van der Waals surface area contributed by atoms with Gasteiger partial charge in [0.25, 0.3) is 0 Å². The van der Waals surface area contributed by atoms with Gasteiger partial charge in [-0.3, -0.25) is 0 Å². The van der Waals surface area contributed by atoms with Crippen LogP contribution in [0.2, 0.25) is 0 Å². The zero-order valence-electron chi connectivity index (χ0n) is 11.2. The van der Waals surface area contributed by atoms with Crippen LogP contribution in [0, 0.1) is 5.82 Å². The number of alkyl halides is 3. The highest BCUT2D eigenvalue weighted by Gasteiger charge is 2.41. The number of nitrogen functional groups attached to an aromatic ring is 1. The molecule has 0 aromatic carbocycles. The molecule has 0 aliphatic heterocycles. The highest BCUT2D eigenvalue weighted by Crippen LogP contribution is 2.34. The third kappa shape index (κ3) is 2.85. The lowest BCUT2D eigenvalue weighted by Crippen LogP contribution is -2.20. The SMILES string of the molecule is CCOC(=O)c1cnn(-c2nc(N)ccc2F)c1C(F)(F)F. The summed E-state index contributed by atoms with van der Waals surface area (Å²) in [6.07, 6.45) is -4.33. The quantitative estimate of drug-likeness (QED) is 0.693. The second kappa shape index (κ2) is 5.62. The molecule has 2 heterocycles. The molecule has 6 nitrogen and oxygen atoms in total. The van der Waals surface area contributed by atoms with E-state index in [4.69, 9.17) is 5.73 Å². The van der Waals surface area contributed by atoms with Crippen molar-refractivity contribution in [2.75, 3.05) is 12.3 Å². The Morgan fingerprint density at radius 1 is 1.41 bits per heavy atom. The van der Waals surface area contributed by atoms with E-state index in [9.17, 15) is 22.4 Å². The summed E-state index contributed by atoms with van der Waals surface area (Å²) < 4.78 is 58.1. The van der Waals surface area contributed by atoms with E-state index in [2.05, 4.69) is 14.8 Å². The molecule has 2 rings (SSSR count). The standard InChI is InChI=1S/C12H10F4N4O2/c1-2-22-11(21)6-5-18-20(9(6)12(14,15)16)10-7(13)3-4-8(17)19-10/h3-5H,2H2,1H3,(H2,17,19). The number of hydrogen-bond donors (Lipinski definition) is 1. The highest BCUT2D eigenvalue weighted by atomic mass is 19.4. The Hall–Kier alpha value is -2.65. The summed E-state index contributed by atoms with van der Waals surface area (Å²) in [5, 5.41) is 3.40. The van der Waals surface area contributed by atoms with Crippen LogP contribution in [0.1, 0.15) is 23.0 Å². The lowest BCUT2D eigenvalue weighted by atomic mass is 10.2. The van der Waals surface area contributed by atoms with Crippen LogP contribution in [0.15, 0.2) is 18.3 Å². The lowest BCUT2D eigenvalue weighted by Gasteiger charge is -2.12. The number of nitrogens with zero attached hydrogens (tertiary/aromatic N) is 3. The number of ether oxygens (including phenoxy) is 1. The molecule has 2 N–H and O–H groups in total. The van der Waals surface area contributed by atoms with Crippen molar-refractivity contribution in [3.8, 4) is 5.82 Å². The van der Waals surface area contributed by atoms with Gasteiger partial charge in [0, 0.05) is 0 Å². The van der Waals surface area contributed by atoms with Crippen molar-refractivity contribution < 1.29 is 27.1 Å². The van der Waals surface area contributed by atoms with E-state index in [0.717, 1.165) is 12.1 Å². The van der Waals surface area contributed by atoms with Crippen LogP contribution in [0.3, 0.4) is 0 Å². The maximum Gasteiger partial charge on any atom is 0.434 e. The van der Waals surface area contributed by atoms with Gasteiger partial charge < -0.3 is 10.5 Å². The first kappa shape index (κ1) is 15.7. The second-order valence-electron chi connectivity index (χ2n) is 4.08. The Morgan fingerprint density at radius 2 is 2.09 bits per heavy atom. The molecule has 118 valence electrons. The summed E-state index contributed by atoms with van der Waals surface area (Å²) in [4.78, 5) is 15.1. The number of halogens is 4. The molecular formula is C12H10F4N4O2. The molecule has 0 saturated carbocycles. The number of hydrogen-bond acceptors (Lipinski definition) is 5. The Kier molecular flexibility index (Phi) is 4.02. The molecule has 0 atom stereocenters. The van der Waals surface area contributed by atoms with Crippen LogP contribution in [-0.2, 0) is 10.9 Å². The summed E-state index contributed by atoms with van der Waals surface area (Å²) in [6, 6.07) is 1.94. The smallest absolute Gasteiger partial charge is 0.434 e. The number of carbonyl (C=O) groups excluding carboxylic acids is 1. The molecule has 0 aliphatic carbocycles. The normalized spacial score (nSPS) is 11.5. The minimum atomic E-state index is -4.97. The largest absolute Gasteiger partial charge is 0.462 e. The molecule has 0 amide bonds. The Labute approximate surface area is 121 Å². The van der Waals surface area contributed by atoms with Crippen molar-refractivity contribution in [1.82, 2.24) is 14.8 Å². The van der Waals surface area contributed by atoms with Crippen molar-refractivity contribution in [2.24, 2.45) is 0 Å². The fourth-order valence-electron chi connectivity index (χ4n) is 1.73. The molecule has 0 fully saturated rings. The van der Waals surface area contributed by atoms with Crippen molar-refractivity contribution in [2.45, 2.75) is 13.1 Å². The summed E-state index contributed by atoms with van der Waals surface area (Å²) >= 11 is 0. The van der Waals surface area contributed by atoms with Crippen LogP contribution in [-0.4, -0.2) is 27.3 Å². The van der Waals surface area contributed by atoms with E-state index in [1.807, 2.05) is 0 Å². The van der Waals surface area contributed by atoms with Crippen LogP contribution < -0.4 is 5.73 Å². The highest BCUT2D eigenvalue weighted by molar-refractivity contribution is 5.90. The predicted octanol–water partition coefficient (Wildman–Crippen LogP) is 2.18. The number of pyridine rings is 1. The summed E-state index contributed by atoms with van der Waals surface area (Å²) in [5.41, 5.74) is 3.03. The summed E-state index contributed by atoms with van der Waals surface area (Å²) in [6.45, 7) is 1.32. The van der Waals surface area contributed by atoms with E-state index in [1.165, 1.54) is 6.92 Å². The van der Waals surface area contributed by atoms with Crippen molar-refractivity contribution >= 4 is 11.8 Å². The minimum absolute atomic E-state index is 0.119. The van der Waals surface area contributed by atoms with Gasteiger partial charge in [-0.2, -0.15) is 18.3 Å². The van der Waals surface area contributed by atoms with Gasteiger partial charge in [-0.05, 0) is 19.1 Å². The van der Waals surface area contributed by atoms with Gasteiger partial charge in [-0.15, -0.1) is 0 Å². The first-order chi connectivity index (χ1) is 10.3. The number of rotatable bonds is 3.